The van der Waals surface area contributed by atoms with Gasteiger partial charge in [-0.3, -0.25) is 4.79 Å². The van der Waals surface area contributed by atoms with Crippen LogP contribution in [0.15, 0.2) is 56.8 Å². The molecule has 0 atom stereocenters. The number of halogens is 1. The number of thioether (sulfide) groups is 1. The van der Waals surface area contributed by atoms with Gasteiger partial charge in [-0.2, -0.15) is 0 Å². The first-order chi connectivity index (χ1) is 8.66. The summed E-state index contributed by atoms with van der Waals surface area (Å²) in [6.45, 7) is 0.680. The van der Waals surface area contributed by atoms with E-state index >= 15 is 0 Å². The molecule has 0 unspecified atom stereocenters. The molecule has 94 valence electrons. The largest absolute Gasteiger partial charge is 0.398 e. The summed E-state index contributed by atoms with van der Waals surface area (Å²) in [6, 6.07) is 11.0. The van der Waals surface area contributed by atoms with Gasteiger partial charge in [-0.1, -0.05) is 22.0 Å². The summed E-state index contributed by atoms with van der Waals surface area (Å²) in [4.78, 5) is 12.5. The summed E-state index contributed by atoms with van der Waals surface area (Å²) in [5.41, 5.74) is 6.70. The Morgan fingerprint density at radius 1 is 1.28 bits per heavy atom. The summed E-state index contributed by atoms with van der Waals surface area (Å²) in [7, 11) is 0. The topological polar surface area (TPSA) is 48.0 Å². The van der Waals surface area contributed by atoms with Crippen molar-refractivity contribution < 1.29 is 0 Å². The number of hydrogen-bond donors (Lipinski definition) is 1. The molecule has 0 aliphatic carbocycles. The van der Waals surface area contributed by atoms with Crippen LogP contribution in [0, 0.1) is 0 Å². The second kappa shape index (κ2) is 6.11. The van der Waals surface area contributed by atoms with Crippen LogP contribution in [0.25, 0.3) is 0 Å². The van der Waals surface area contributed by atoms with Crippen molar-refractivity contribution in [3.8, 4) is 0 Å². The van der Waals surface area contributed by atoms with Gasteiger partial charge < -0.3 is 10.3 Å². The third kappa shape index (κ3) is 3.40. The van der Waals surface area contributed by atoms with Crippen LogP contribution in [0.3, 0.4) is 0 Å². The van der Waals surface area contributed by atoms with E-state index in [1.54, 1.807) is 34.7 Å². The number of rotatable bonds is 4. The number of nitrogens with two attached hydrogens (primary N) is 1. The first-order valence-electron chi connectivity index (χ1n) is 5.50. The van der Waals surface area contributed by atoms with Crippen LogP contribution in [-0.2, 0) is 6.54 Å². The first kappa shape index (κ1) is 13.2. The minimum atomic E-state index is 0.0295. The molecule has 0 radical (unpaired) electrons. The Morgan fingerprint density at radius 3 is 2.83 bits per heavy atom. The molecule has 1 aromatic carbocycles. The van der Waals surface area contributed by atoms with Gasteiger partial charge in [0.25, 0.3) is 5.56 Å². The monoisotopic (exact) mass is 324 g/mol. The number of benzene rings is 1. The van der Waals surface area contributed by atoms with Crippen LogP contribution < -0.4 is 11.3 Å². The highest BCUT2D eigenvalue weighted by Crippen LogP contribution is 2.27. The molecular weight excluding hydrogens is 312 g/mol. The second-order valence-corrected chi connectivity index (χ2v) is 5.82. The molecule has 0 aliphatic rings. The Kier molecular flexibility index (Phi) is 4.49. The van der Waals surface area contributed by atoms with Crippen molar-refractivity contribution in [2.24, 2.45) is 0 Å². The smallest absolute Gasteiger partial charge is 0.250 e. The first-order valence-corrected chi connectivity index (χ1v) is 7.28. The molecule has 1 heterocycles. The average Bonchev–Trinajstić information content (AvgIpc) is 2.34. The van der Waals surface area contributed by atoms with Crippen LogP contribution in [0.2, 0.25) is 0 Å². The van der Waals surface area contributed by atoms with E-state index in [9.17, 15) is 4.79 Å². The maximum atomic E-state index is 11.5. The van der Waals surface area contributed by atoms with Gasteiger partial charge >= 0.3 is 0 Å². The van der Waals surface area contributed by atoms with Crippen LogP contribution >= 0.6 is 27.7 Å². The molecule has 18 heavy (non-hydrogen) atoms. The predicted octanol–water partition coefficient (Wildman–Crippen LogP) is 2.99. The average molecular weight is 325 g/mol. The molecular formula is C13H13BrN2OS. The van der Waals surface area contributed by atoms with E-state index < -0.39 is 0 Å². The lowest BCUT2D eigenvalue weighted by molar-refractivity contribution is 0.735. The third-order valence-corrected chi connectivity index (χ3v) is 4.02. The van der Waals surface area contributed by atoms with E-state index in [4.69, 9.17) is 5.73 Å². The van der Waals surface area contributed by atoms with Gasteiger partial charge in [0.1, 0.15) is 0 Å². The van der Waals surface area contributed by atoms with Crippen LogP contribution in [0.5, 0.6) is 0 Å². The van der Waals surface area contributed by atoms with Crippen molar-refractivity contribution in [2.45, 2.75) is 11.4 Å². The molecule has 2 aromatic rings. The highest BCUT2D eigenvalue weighted by molar-refractivity contribution is 9.10. The Balaban J connectivity index is 1.97. The number of nitrogen functional groups attached to an aromatic ring is 1. The van der Waals surface area contributed by atoms with Gasteiger partial charge in [-0.25, -0.2) is 0 Å². The summed E-state index contributed by atoms with van der Waals surface area (Å²) < 4.78 is 2.67. The number of aryl methyl sites for hydroxylation is 1. The lowest BCUT2D eigenvalue weighted by Gasteiger charge is -2.07. The van der Waals surface area contributed by atoms with Crippen molar-refractivity contribution in [1.29, 1.82) is 0 Å². The van der Waals surface area contributed by atoms with Crippen LogP contribution in [0.1, 0.15) is 0 Å². The van der Waals surface area contributed by atoms with Gasteiger partial charge in [0, 0.05) is 39.6 Å². The second-order valence-electron chi connectivity index (χ2n) is 3.76. The molecule has 0 bridgehead atoms. The minimum absolute atomic E-state index is 0.0295. The normalized spacial score (nSPS) is 10.5. The number of aromatic nitrogens is 1. The van der Waals surface area contributed by atoms with E-state index in [0.29, 0.717) is 6.54 Å². The standard InChI is InChI=1S/C13H13BrN2OS/c14-10-4-5-12(11(15)9-10)18-8-7-16-6-2-1-3-13(16)17/h1-6,9H,7-8,15H2. The van der Waals surface area contributed by atoms with Crippen LogP contribution in [0.4, 0.5) is 5.69 Å². The summed E-state index contributed by atoms with van der Waals surface area (Å²) >= 11 is 5.03. The molecule has 0 aliphatic heterocycles. The van der Waals surface area contributed by atoms with Crippen molar-refractivity contribution in [3.63, 3.8) is 0 Å². The van der Waals surface area contributed by atoms with Gasteiger partial charge in [0.05, 0.1) is 0 Å². The van der Waals surface area contributed by atoms with Crippen molar-refractivity contribution in [2.75, 3.05) is 11.5 Å². The molecule has 0 fully saturated rings. The molecule has 0 amide bonds. The van der Waals surface area contributed by atoms with E-state index in [0.717, 1.165) is 20.8 Å². The van der Waals surface area contributed by atoms with Gasteiger partial charge in [0.2, 0.25) is 0 Å². The number of nitrogens with zero attached hydrogens (tertiary/aromatic N) is 1. The zero-order valence-electron chi connectivity index (χ0n) is 9.67. The number of hydrogen-bond acceptors (Lipinski definition) is 3. The lowest BCUT2D eigenvalue weighted by atomic mass is 10.3. The van der Waals surface area contributed by atoms with Crippen LogP contribution in [-0.4, -0.2) is 10.3 Å². The molecule has 1 aromatic heterocycles. The zero-order chi connectivity index (χ0) is 13.0. The fourth-order valence-electron chi connectivity index (χ4n) is 1.55. The molecule has 0 spiro atoms. The molecule has 2 rings (SSSR count). The maximum Gasteiger partial charge on any atom is 0.250 e. The van der Waals surface area contributed by atoms with Gasteiger partial charge in [0.15, 0.2) is 0 Å². The fraction of sp³-hybridized carbons (Fsp3) is 0.154. The molecule has 0 saturated heterocycles. The molecule has 0 saturated carbocycles. The molecule has 3 nitrogen and oxygen atoms in total. The van der Waals surface area contributed by atoms with E-state index in [1.807, 2.05) is 24.3 Å². The van der Waals surface area contributed by atoms with Crippen molar-refractivity contribution in [3.05, 3.63) is 57.4 Å². The zero-order valence-corrected chi connectivity index (χ0v) is 12.1. The van der Waals surface area contributed by atoms with E-state index in [-0.39, 0.29) is 5.56 Å². The number of anilines is 1. The van der Waals surface area contributed by atoms with E-state index in [2.05, 4.69) is 15.9 Å². The molecule has 5 heteroatoms. The summed E-state index contributed by atoms with van der Waals surface area (Å²) in [5, 5.41) is 0. The Hall–Kier alpha value is -1.20. The highest BCUT2D eigenvalue weighted by Gasteiger charge is 2.01. The van der Waals surface area contributed by atoms with Crippen molar-refractivity contribution >= 4 is 33.4 Å². The number of pyridine rings is 1. The third-order valence-electron chi connectivity index (χ3n) is 2.46. The lowest BCUT2D eigenvalue weighted by Crippen LogP contribution is -2.18. The molecule has 2 N–H and O–H groups in total. The van der Waals surface area contributed by atoms with Crippen molar-refractivity contribution in [1.82, 2.24) is 4.57 Å². The fourth-order valence-corrected chi connectivity index (χ4v) is 2.83. The SMILES string of the molecule is Nc1cc(Br)ccc1SCCn1ccccc1=O. The Morgan fingerprint density at radius 2 is 2.11 bits per heavy atom. The quantitative estimate of drug-likeness (QED) is 0.694. The Labute approximate surface area is 118 Å². The van der Waals surface area contributed by atoms with E-state index in [1.165, 1.54) is 0 Å². The minimum Gasteiger partial charge on any atom is -0.398 e. The highest BCUT2D eigenvalue weighted by atomic mass is 79.9. The Bertz CT molecular complexity index is 598. The predicted molar refractivity (Wildman–Crippen MR) is 80.0 cm³/mol. The summed E-state index contributed by atoms with van der Waals surface area (Å²) in [5.74, 6) is 0.815. The summed E-state index contributed by atoms with van der Waals surface area (Å²) in [6.07, 6.45) is 1.80. The van der Waals surface area contributed by atoms with Gasteiger partial charge in [-0.15, -0.1) is 11.8 Å². The maximum absolute atomic E-state index is 11.5. The van der Waals surface area contributed by atoms with Gasteiger partial charge in [-0.05, 0) is 24.3 Å².